The molecule has 0 bridgehead atoms. The van der Waals surface area contributed by atoms with Crippen LogP contribution in [0.5, 0.6) is 0 Å². The Morgan fingerprint density at radius 1 is 1.08 bits per heavy atom. The predicted molar refractivity (Wildman–Crippen MR) is 88.8 cm³/mol. The summed E-state index contributed by atoms with van der Waals surface area (Å²) in [5.74, 6) is 6.55. The highest BCUT2D eigenvalue weighted by Crippen LogP contribution is 2.29. The quantitative estimate of drug-likeness (QED) is 0.557. The number of hydrogen-bond donors (Lipinski definition) is 1. The van der Waals surface area contributed by atoms with Crippen LogP contribution in [0, 0.1) is 11.8 Å². The first-order valence-electron chi connectivity index (χ1n) is 7.12. The van der Waals surface area contributed by atoms with E-state index in [0.29, 0.717) is 18.5 Å². The average Bonchev–Trinajstić information content (AvgIpc) is 3.03. The first-order valence-corrected chi connectivity index (χ1v) is 8.00. The Hall–Kier alpha value is -2.59. The molecule has 122 valence electrons. The minimum absolute atomic E-state index is 0.552. The highest BCUT2D eigenvalue weighted by Gasteiger charge is 2.29. The van der Waals surface area contributed by atoms with Gasteiger partial charge in [-0.1, -0.05) is 11.8 Å². The van der Waals surface area contributed by atoms with E-state index in [-0.39, 0.29) is 0 Å². The summed E-state index contributed by atoms with van der Waals surface area (Å²) in [6.45, 7) is 0.593. The fourth-order valence-corrected chi connectivity index (χ4v) is 2.81. The van der Waals surface area contributed by atoms with Crippen molar-refractivity contribution in [2.75, 3.05) is 11.9 Å². The van der Waals surface area contributed by atoms with E-state index in [1.165, 1.54) is 18.5 Å². The summed E-state index contributed by atoms with van der Waals surface area (Å²) in [7, 11) is 0. The van der Waals surface area contributed by atoms with E-state index in [2.05, 4.69) is 27.1 Å². The molecule has 3 aromatic rings. The Balaban J connectivity index is 1.56. The second kappa shape index (κ2) is 6.89. The van der Waals surface area contributed by atoms with E-state index in [1.807, 2.05) is 11.4 Å². The van der Waals surface area contributed by atoms with Gasteiger partial charge < -0.3 is 5.32 Å². The molecule has 3 rings (SSSR count). The third kappa shape index (κ3) is 3.84. The van der Waals surface area contributed by atoms with E-state index in [1.54, 1.807) is 11.3 Å². The van der Waals surface area contributed by atoms with Crippen molar-refractivity contribution >= 4 is 27.4 Å². The maximum atomic E-state index is 12.5. The second-order valence-corrected chi connectivity index (χ2v) is 5.81. The lowest BCUT2D eigenvalue weighted by molar-refractivity contribution is -0.137. The smallest absolute Gasteiger partial charge is 0.368 e. The Labute approximate surface area is 140 Å². The normalized spacial score (nSPS) is 11.1. The maximum absolute atomic E-state index is 12.5. The fraction of sp³-hybridized carbons (Fsp3) is 0.176. The summed E-state index contributed by atoms with van der Waals surface area (Å²) in [6, 6.07) is 6.79. The van der Waals surface area contributed by atoms with Gasteiger partial charge in [0.15, 0.2) is 0 Å². The van der Waals surface area contributed by atoms with Crippen LogP contribution in [0.15, 0.2) is 42.0 Å². The van der Waals surface area contributed by atoms with E-state index < -0.39 is 11.7 Å². The number of fused-ring (bicyclic) bond motifs is 1. The minimum Gasteiger partial charge on any atom is -0.368 e. The van der Waals surface area contributed by atoms with E-state index in [0.717, 1.165) is 28.2 Å². The lowest BCUT2D eigenvalue weighted by Crippen LogP contribution is -2.04. The van der Waals surface area contributed by atoms with Gasteiger partial charge in [0.2, 0.25) is 0 Å². The number of nitrogens with one attached hydrogen (secondary N) is 1. The van der Waals surface area contributed by atoms with Gasteiger partial charge in [0.1, 0.15) is 17.0 Å². The zero-order chi connectivity index (χ0) is 17.0. The molecule has 7 heteroatoms. The van der Waals surface area contributed by atoms with Crippen molar-refractivity contribution in [2.24, 2.45) is 0 Å². The average molecular weight is 347 g/mol. The Morgan fingerprint density at radius 2 is 1.88 bits per heavy atom. The molecule has 0 atom stereocenters. The first-order chi connectivity index (χ1) is 11.5. The Bertz CT molecular complexity index is 889. The number of aromatic nitrogens is 2. The van der Waals surface area contributed by atoms with Crippen LogP contribution in [0.3, 0.4) is 0 Å². The Kier molecular flexibility index (Phi) is 4.67. The maximum Gasteiger partial charge on any atom is 0.416 e. The summed E-state index contributed by atoms with van der Waals surface area (Å²) in [5.41, 5.74) is -0.108. The highest BCUT2D eigenvalue weighted by atomic mass is 32.1. The van der Waals surface area contributed by atoms with Crippen LogP contribution in [0.4, 0.5) is 19.0 Å². The number of benzene rings is 1. The lowest BCUT2D eigenvalue weighted by atomic mass is 10.1. The number of hydrogen-bond acceptors (Lipinski definition) is 4. The van der Waals surface area contributed by atoms with E-state index in [4.69, 9.17) is 0 Å². The molecule has 2 aromatic heterocycles. The van der Waals surface area contributed by atoms with E-state index >= 15 is 0 Å². The van der Waals surface area contributed by atoms with Gasteiger partial charge in [0.25, 0.3) is 0 Å². The lowest BCUT2D eigenvalue weighted by Gasteiger charge is -2.05. The second-order valence-electron chi connectivity index (χ2n) is 4.92. The van der Waals surface area contributed by atoms with Crippen LogP contribution in [-0.4, -0.2) is 16.5 Å². The molecule has 1 aromatic carbocycles. The third-order valence-electron chi connectivity index (χ3n) is 3.25. The molecule has 0 fully saturated rings. The molecule has 0 unspecified atom stereocenters. The molecule has 0 radical (unpaired) electrons. The topological polar surface area (TPSA) is 37.8 Å². The highest BCUT2D eigenvalue weighted by molar-refractivity contribution is 7.16. The van der Waals surface area contributed by atoms with Crippen molar-refractivity contribution in [2.45, 2.75) is 12.6 Å². The largest absolute Gasteiger partial charge is 0.416 e. The molecular formula is C17H12F3N3S. The van der Waals surface area contributed by atoms with Crippen molar-refractivity contribution in [3.63, 3.8) is 0 Å². The number of thiophene rings is 1. The van der Waals surface area contributed by atoms with Crippen LogP contribution in [0.2, 0.25) is 0 Å². The number of anilines is 1. The molecule has 1 N–H and O–H groups in total. The zero-order valence-electron chi connectivity index (χ0n) is 12.4. The third-order valence-corrected chi connectivity index (χ3v) is 4.07. The monoisotopic (exact) mass is 347 g/mol. The van der Waals surface area contributed by atoms with Gasteiger partial charge >= 0.3 is 6.18 Å². The molecule has 0 spiro atoms. The minimum atomic E-state index is -4.32. The number of alkyl halides is 3. The zero-order valence-corrected chi connectivity index (χ0v) is 13.2. The van der Waals surface area contributed by atoms with Gasteiger partial charge in [-0.2, -0.15) is 13.2 Å². The van der Waals surface area contributed by atoms with Gasteiger partial charge in [-0.25, -0.2) is 9.97 Å². The molecule has 0 saturated heterocycles. The van der Waals surface area contributed by atoms with Gasteiger partial charge in [-0.3, -0.25) is 0 Å². The number of rotatable bonds is 3. The number of halogens is 3. The Morgan fingerprint density at radius 3 is 2.62 bits per heavy atom. The molecule has 0 aliphatic carbocycles. The molecule has 0 aliphatic heterocycles. The van der Waals surface area contributed by atoms with Crippen LogP contribution < -0.4 is 5.32 Å². The molecule has 0 saturated carbocycles. The van der Waals surface area contributed by atoms with Gasteiger partial charge in [-0.15, -0.1) is 11.3 Å². The van der Waals surface area contributed by atoms with Crippen LogP contribution in [0.25, 0.3) is 10.2 Å². The predicted octanol–water partition coefficient (Wildman–Crippen LogP) is 4.56. The van der Waals surface area contributed by atoms with Crippen molar-refractivity contribution in [3.8, 4) is 11.8 Å². The summed E-state index contributed by atoms with van der Waals surface area (Å²) >= 11 is 1.55. The standard InChI is InChI=1S/C17H12F3N3S/c18-17(19,20)13-6-4-12(5-7-13)3-1-2-9-21-15-14-8-10-24-16(14)23-11-22-15/h4-8,10-11H,2,9H2,(H,21,22,23). The molecule has 2 heterocycles. The van der Waals surface area contributed by atoms with Crippen molar-refractivity contribution in [1.29, 1.82) is 0 Å². The molecule has 24 heavy (non-hydrogen) atoms. The summed E-state index contributed by atoms with van der Waals surface area (Å²) < 4.78 is 37.4. The van der Waals surface area contributed by atoms with Gasteiger partial charge in [0, 0.05) is 18.5 Å². The molecular weight excluding hydrogens is 335 g/mol. The summed E-state index contributed by atoms with van der Waals surface area (Å²) in [4.78, 5) is 9.29. The molecule has 0 amide bonds. The summed E-state index contributed by atoms with van der Waals surface area (Å²) in [6.07, 6.45) is -2.26. The SMILES string of the molecule is FC(F)(F)c1ccc(C#CCCNc2ncnc3sccc23)cc1. The fourth-order valence-electron chi connectivity index (χ4n) is 2.08. The van der Waals surface area contributed by atoms with Crippen LogP contribution >= 0.6 is 11.3 Å². The first kappa shape index (κ1) is 16.3. The van der Waals surface area contributed by atoms with E-state index in [9.17, 15) is 13.2 Å². The van der Waals surface area contributed by atoms with Crippen LogP contribution in [-0.2, 0) is 6.18 Å². The number of nitrogens with zero attached hydrogens (tertiary/aromatic N) is 2. The summed E-state index contributed by atoms with van der Waals surface area (Å²) in [5, 5.41) is 6.12. The van der Waals surface area contributed by atoms with Crippen molar-refractivity contribution in [1.82, 2.24) is 9.97 Å². The van der Waals surface area contributed by atoms with Gasteiger partial charge in [-0.05, 0) is 35.7 Å². The van der Waals surface area contributed by atoms with Gasteiger partial charge in [0.05, 0.1) is 10.9 Å². The van der Waals surface area contributed by atoms with Crippen LogP contribution in [0.1, 0.15) is 17.5 Å². The van der Waals surface area contributed by atoms with Crippen molar-refractivity contribution in [3.05, 3.63) is 53.2 Å². The van der Waals surface area contributed by atoms with Crippen molar-refractivity contribution < 1.29 is 13.2 Å². The molecule has 0 aliphatic rings. The molecule has 3 nitrogen and oxygen atoms in total.